The van der Waals surface area contributed by atoms with Crippen LogP contribution >= 0.6 is 0 Å². The van der Waals surface area contributed by atoms with Crippen LogP contribution in [0.15, 0.2) is 41.4 Å². The molecular formula is C21H27N3O4S. The molecular weight excluding hydrogens is 390 g/mol. The maximum atomic E-state index is 12.7. The van der Waals surface area contributed by atoms with Gasteiger partial charge in [-0.3, -0.25) is 4.79 Å². The van der Waals surface area contributed by atoms with Gasteiger partial charge in [0.2, 0.25) is 11.8 Å². The van der Waals surface area contributed by atoms with Gasteiger partial charge in [-0.05, 0) is 51.3 Å². The fourth-order valence-corrected chi connectivity index (χ4v) is 4.35. The first-order valence-corrected chi connectivity index (χ1v) is 11.4. The Labute approximate surface area is 172 Å². The van der Waals surface area contributed by atoms with Gasteiger partial charge in [0.05, 0.1) is 23.1 Å². The summed E-state index contributed by atoms with van der Waals surface area (Å²) in [5.41, 5.74) is 0.798. The van der Waals surface area contributed by atoms with E-state index in [0.29, 0.717) is 24.8 Å². The molecule has 1 aliphatic rings. The molecule has 2 heterocycles. The number of ether oxygens (including phenoxy) is 1. The maximum absolute atomic E-state index is 12.7. The number of nitrogens with zero attached hydrogens (tertiary/aromatic N) is 3. The second-order valence-electron chi connectivity index (χ2n) is 7.58. The Hall–Kier alpha value is -2.48. The number of hydrogen-bond donors (Lipinski definition) is 0. The first kappa shape index (κ1) is 21.2. The molecule has 0 saturated carbocycles. The Morgan fingerprint density at radius 1 is 1.24 bits per heavy atom. The Kier molecular flexibility index (Phi) is 6.52. The second kappa shape index (κ2) is 8.90. The zero-order valence-corrected chi connectivity index (χ0v) is 17.9. The van der Waals surface area contributed by atoms with Crippen molar-refractivity contribution in [1.82, 2.24) is 14.9 Å². The lowest BCUT2D eigenvalue weighted by molar-refractivity contribution is -0.133. The van der Waals surface area contributed by atoms with Crippen LogP contribution in [0.4, 0.5) is 0 Å². The van der Waals surface area contributed by atoms with Gasteiger partial charge in [-0.25, -0.2) is 13.4 Å². The zero-order valence-electron chi connectivity index (χ0n) is 17.0. The summed E-state index contributed by atoms with van der Waals surface area (Å²) in [4.78, 5) is 23.1. The van der Waals surface area contributed by atoms with E-state index in [2.05, 4.69) is 9.97 Å². The normalized spacial score (nSPS) is 17.4. The number of piperidine rings is 1. The van der Waals surface area contributed by atoms with Crippen molar-refractivity contribution in [2.45, 2.75) is 56.3 Å². The van der Waals surface area contributed by atoms with Crippen LogP contribution in [-0.2, 0) is 21.1 Å². The smallest absolute Gasteiger partial charge is 0.227 e. The molecule has 1 aromatic carbocycles. The fraction of sp³-hybridized carbons (Fsp3) is 0.476. The highest BCUT2D eigenvalue weighted by Gasteiger charge is 2.25. The predicted octanol–water partition coefficient (Wildman–Crippen LogP) is 2.58. The monoisotopic (exact) mass is 417 g/mol. The molecule has 1 saturated heterocycles. The van der Waals surface area contributed by atoms with Gasteiger partial charge in [0.1, 0.15) is 11.9 Å². The van der Waals surface area contributed by atoms with E-state index in [1.807, 2.05) is 0 Å². The highest BCUT2D eigenvalue weighted by atomic mass is 32.2. The minimum atomic E-state index is -3.31. The van der Waals surface area contributed by atoms with Crippen LogP contribution in [0.1, 0.15) is 38.1 Å². The topological polar surface area (TPSA) is 89.5 Å². The zero-order chi connectivity index (χ0) is 21.0. The van der Waals surface area contributed by atoms with Crippen LogP contribution in [0.5, 0.6) is 5.88 Å². The summed E-state index contributed by atoms with van der Waals surface area (Å²) in [6.07, 6.45) is 3.54. The average Bonchev–Trinajstić information content (AvgIpc) is 2.68. The minimum Gasteiger partial charge on any atom is -0.472 e. The van der Waals surface area contributed by atoms with Crippen LogP contribution in [-0.4, -0.2) is 53.6 Å². The van der Waals surface area contributed by atoms with Gasteiger partial charge in [0.15, 0.2) is 9.84 Å². The van der Waals surface area contributed by atoms with Crippen molar-refractivity contribution in [2.24, 2.45) is 0 Å². The van der Waals surface area contributed by atoms with Crippen molar-refractivity contribution in [3.8, 4) is 5.88 Å². The van der Waals surface area contributed by atoms with E-state index in [1.165, 1.54) is 0 Å². The summed E-state index contributed by atoms with van der Waals surface area (Å²) in [6.45, 7) is 6.33. The molecule has 7 nitrogen and oxygen atoms in total. The van der Waals surface area contributed by atoms with Gasteiger partial charge in [0, 0.05) is 18.8 Å². The van der Waals surface area contributed by atoms with Gasteiger partial charge in [-0.15, -0.1) is 0 Å². The van der Waals surface area contributed by atoms with Crippen LogP contribution < -0.4 is 4.74 Å². The van der Waals surface area contributed by atoms with Crippen LogP contribution in [0.25, 0.3) is 0 Å². The second-order valence-corrected chi connectivity index (χ2v) is 10.1. The molecule has 1 aromatic heterocycles. The molecule has 0 aliphatic carbocycles. The van der Waals surface area contributed by atoms with Crippen molar-refractivity contribution in [1.29, 1.82) is 0 Å². The van der Waals surface area contributed by atoms with Crippen molar-refractivity contribution in [3.63, 3.8) is 0 Å². The van der Waals surface area contributed by atoms with E-state index in [4.69, 9.17) is 4.74 Å². The van der Waals surface area contributed by atoms with Gasteiger partial charge in [-0.1, -0.05) is 12.1 Å². The summed E-state index contributed by atoms with van der Waals surface area (Å²) in [6, 6.07) is 8.32. The molecule has 8 heteroatoms. The van der Waals surface area contributed by atoms with E-state index < -0.39 is 15.1 Å². The Balaban J connectivity index is 1.60. The summed E-state index contributed by atoms with van der Waals surface area (Å²) >= 11 is 0. The number of benzene rings is 1. The van der Waals surface area contributed by atoms with E-state index in [9.17, 15) is 13.2 Å². The number of hydrogen-bond acceptors (Lipinski definition) is 6. The van der Waals surface area contributed by atoms with Gasteiger partial charge < -0.3 is 9.64 Å². The lowest BCUT2D eigenvalue weighted by atomic mass is 10.1. The van der Waals surface area contributed by atoms with Crippen LogP contribution in [0.3, 0.4) is 0 Å². The Bertz CT molecular complexity index is 958. The summed E-state index contributed by atoms with van der Waals surface area (Å²) < 4.78 is 30.4. The lowest BCUT2D eigenvalue weighted by Crippen LogP contribution is -2.45. The quantitative estimate of drug-likeness (QED) is 0.718. The number of aryl methyl sites for hydroxylation is 1. The third-order valence-electron chi connectivity index (χ3n) is 5.00. The molecule has 1 amide bonds. The van der Waals surface area contributed by atoms with Gasteiger partial charge >= 0.3 is 0 Å². The standard InChI is InChI=1S/C21H27N3O4S/c1-15(2)29(26,27)19-8-6-17(7-9-19)13-21(25)24-12-4-5-18(14-24)28-20-10-11-22-16(3)23-20/h6-11,15,18H,4-5,12-14H2,1-3H3. The third-order valence-corrected chi connectivity index (χ3v) is 7.17. The lowest BCUT2D eigenvalue weighted by Gasteiger charge is -2.32. The number of amides is 1. The highest BCUT2D eigenvalue weighted by Crippen LogP contribution is 2.19. The molecule has 0 N–H and O–H groups in total. The van der Waals surface area contributed by atoms with Crippen molar-refractivity contribution < 1.29 is 17.9 Å². The van der Waals surface area contributed by atoms with Crippen LogP contribution in [0.2, 0.25) is 0 Å². The van der Waals surface area contributed by atoms with Crippen molar-refractivity contribution in [3.05, 3.63) is 47.9 Å². The van der Waals surface area contributed by atoms with Crippen molar-refractivity contribution >= 4 is 15.7 Å². The molecule has 1 aliphatic heterocycles. The molecule has 3 rings (SSSR count). The number of rotatable bonds is 6. The summed E-state index contributed by atoms with van der Waals surface area (Å²) in [5.74, 6) is 1.18. The Morgan fingerprint density at radius 3 is 2.62 bits per heavy atom. The SMILES string of the molecule is Cc1nccc(OC2CCCN(C(=O)Cc3ccc(S(=O)(=O)C(C)C)cc3)C2)n1. The molecule has 1 fully saturated rings. The summed E-state index contributed by atoms with van der Waals surface area (Å²) in [7, 11) is -3.31. The molecule has 1 unspecified atom stereocenters. The van der Waals surface area contributed by atoms with E-state index in [0.717, 1.165) is 18.4 Å². The number of sulfone groups is 1. The van der Waals surface area contributed by atoms with Gasteiger partial charge in [-0.2, -0.15) is 4.98 Å². The van der Waals surface area contributed by atoms with Crippen LogP contribution in [0, 0.1) is 6.92 Å². The molecule has 1 atom stereocenters. The molecule has 156 valence electrons. The van der Waals surface area contributed by atoms with Gasteiger partial charge in [0.25, 0.3) is 0 Å². The summed E-state index contributed by atoms with van der Waals surface area (Å²) in [5, 5.41) is -0.473. The molecule has 29 heavy (non-hydrogen) atoms. The number of carbonyl (C=O) groups is 1. The highest BCUT2D eigenvalue weighted by molar-refractivity contribution is 7.92. The van der Waals surface area contributed by atoms with E-state index >= 15 is 0 Å². The number of likely N-dealkylation sites (tertiary alicyclic amines) is 1. The fourth-order valence-electron chi connectivity index (χ4n) is 3.29. The largest absolute Gasteiger partial charge is 0.472 e. The maximum Gasteiger partial charge on any atom is 0.227 e. The minimum absolute atomic E-state index is 0.0108. The van der Waals surface area contributed by atoms with Crippen molar-refractivity contribution in [2.75, 3.05) is 13.1 Å². The van der Waals surface area contributed by atoms with E-state index in [1.54, 1.807) is 62.2 Å². The molecule has 2 aromatic rings. The average molecular weight is 418 g/mol. The number of carbonyl (C=O) groups excluding carboxylic acids is 1. The first-order valence-electron chi connectivity index (χ1n) is 9.82. The molecule has 0 bridgehead atoms. The molecule has 0 radical (unpaired) electrons. The van der Waals surface area contributed by atoms with E-state index in [-0.39, 0.29) is 23.3 Å². The number of aromatic nitrogens is 2. The Morgan fingerprint density at radius 2 is 1.97 bits per heavy atom. The molecule has 0 spiro atoms. The first-order chi connectivity index (χ1) is 13.8. The third kappa shape index (κ3) is 5.32. The predicted molar refractivity (Wildman–Crippen MR) is 109 cm³/mol.